The van der Waals surface area contributed by atoms with Crippen LogP contribution in [0.4, 0.5) is 0 Å². The average molecular weight is 1450 g/mol. The van der Waals surface area contributed by atoms with Crippen molar-refractivity contribution in [1.29, 1.82) is 0 Å². The Morgan fingerprint density at radius 2 is 0.738 bits per heavy atom. The van der Waals surface area contributed by atoms with Gasteiger partial charge in [0.05, 0.1) is 56.4 Å². The minimum Gasteiger partial charge on any atom is -0.403 e. The molecule has 0 aliphatic carbocycles. The molecule has 25 heterocycles. The summed E-state index contributed by atoms with van der Waals surface area (Å²) in [5, 5.41) is 12.0. The highest BCUT2D eigenvalue weighted by molar-refractivity contribution is 7.32. The molecule has 21 aromatic rings. The lowest BCUT2D eigenvalue weighted by atomic mass is 10.2. The monoisotopic (exact) mass is 1450 g/mol. The number of nitrogens with zero attached hydrogens (tertiary/aromatic N) is 18. The van der Waals surface area contributed by atoms with E-state index in [1.165, 1.54) is 142 Å². The lowest BCUT2D eigenvalue weighted by molar-refractivity contribution is -0.648. The molecule has 20 aromatic heterocycles. The summed E-state index contributed by atoms with van der Waals surface area (Å²) in [7, 11) is 2.13. The maximum absolute atomic E-state index is 7.97. The number of hydrogen-bond acceptors (Lipinski definition) is 17. The second-order valence-corrected chi connectivity index (χ2v) is 31.6. The standard InChI is InChI=1S/C20H13N4S.2C15H11N4S.C14H8N3OS.C14H8N3S2/c1-2-4-14(5-3-1)24-17-7-9-22-11-16(17)18-19(24)23-12-13-10-21-8-6-15(13)20(23)25-18;2*1-18-12-3-5-17-7-11(12)13-14(18)19-8-9-6-16-4-2-10(9)15(19)20-13;1-3-15-5-8-7-17-13-12(19-14(17)9(1)8)10-6-16-4-2-11(10)18-13;1-3-15-5-8-7-17-13(9(1)8)19-12-10-6-16-4-2-11(10)18-14(12)17/h1-11H,12H2;2*2-7H,8H2,1H3;2*1-6H,7H2/q5*+1/i;1D3;;;. The lowest BCUT2D eigenvalue weighted by Crippen LogP contribution is -2.32. The van der Waals surface area contributed by atoms with Crippen LogP contribution in [0.25, 0.3) is 163 Å². The van der Waals surface area contributed by atoms with E-state index >= 15 is 0 Å². The van der Waals surface area contributed by atoms with Crippen LogP contribution in [0.2, 0.25) is 0 Å². The second kappa shape index (κ2) is 22.9. The third-order valence-electron chi connectivity index (χ3n) is 20.0. The molecule has 5 aliphatic heterocycles. The zero-order chi connectivity index (χ0) is 70.2. The van der Waals surface area contributed by atoms with Gasteiger partial charge in [-0.3, -0.25) is 49.8 Å². The molecule has 26 rings (SSSR count). The number of para-hydroxylation sites is 1. The van der Waals surface area contributed by atoms with Crippen molar-refractivity contribution in [3.05, 3.63) is 243 Å². The normalized spacial score (nSPS) is 13.5. The summed E-state index contributed by atoms with van der Waals surface area (Å²) in [5.74, 6) is 0. The van der Waals surface area contributed by atoms with E-state index in [9.17, 15) is 0 Å². The number of aryl methyl sites for hydroxylation is 2. The molecule has 0 radical (unpaired) electrons. The van der Waals surface area contributed by atoms with Gasteiger partial charge in [-0.2, -0.15) is 9.13 Å². The van der Waals surface area contributed by atoms with Gasteiger partial charge < -0.3 is 4.42 Å². The van der Waals surface area contributed by atoms with Crippen LogP contribution in [0.1, 0.15) is 31.9 Å². The number of fused-ring (bicyclic) bond motifs is 35. The summed E-state index contributed by atoms with van der Waals surface area (Å²) in [6.45, 7) is 1.98. The van der Waals surface area contributed by atoms with Crippen LogP contribution >= 0.6 is 68.0 Å². The molecule has 5 aliphatic rings. The first-order valence-electron chi connectivity index (χ1n) is 34.6. The fourth-order valence-corrected chi connectivity index (χ4v) is 23.3. The first kappa shape index (κ1) is 56.0. The molecule has 0 spiro atoms. The summed E-state index contributed by atoms with van der Waals surface area (Å²) < 4.78 is 55.0. The van der Waals surface area contributed by atoms with Crippen LogP contribution in [-0.2, 0) is 46.7 Å². The smallest absolute Gasteiger partial charge is 0.393 e. The molecule has 0 saturated heterocycles. The number of rotatable bonds is 1. The third kappa shape index (κ3) is 8.83. The minimum absolute atomic E-state index is 0.651. The van der Waals surface area contributed by atoms with E-state index in [2.05, 4.69) is 162 Å². The maximum Gasteiger partial charge on any atom is 0.393 e. The van der Waals surface area contributed by atoms with Gasteiger partial charge in [0.2, 0.25) is 0 Å². The first-order valence-corrected chi connectivity index (χ1v) is 38.0. The van der Waals surface area contributed by atoms with Gasteiger partial charge in [0.1, 0.15) is 66.3 Å². The molecule has 0 saturated carbocycles. The highest BCUT2D eigenvalue weighted by atomic mass is 32.1. The Hall–Kier alpha value is -11.7. The Balaban J connectivity index is 0.0000000830. The predicted molar refractivity (Wildman–Crippen MR) is 406 cm³/mol. The number of pyridine rings is 10. The SMILES string of the molecule is Cn1c2ccncc2c2sc3[n+](c21)Cc1cnccc1-3.[2H]C([2H])([2H])n1c2ccncc2c2sc3[n+](c21)Cc1cnccc1-3.c1cc2c(cn1)C[n+]1c-2sc2c3cnccc3oc21.c1cc2c(cn1)C[n+]1c-2sc2c3cnccc3sc21.c1ccc(-n2c3ccncc3c3sc4[n+](c32)Cc2cnccc2-4)cc1. The Labute approximate surface area is 611 Å². The fourth-order valence-electron chi connectivity index (χ4n) is 15.3. The molecule has 25 heteroatoms. The molecule has 0 bridgehead atoms. The van der Waals surface area contributed by atoms with Crippen molar-refractivity contribution in [2.75, 3.05) is 0 Å². The van der Waals surface area contributed by atoms with Crippen LogP contribution in [0, 0.1) is 0 Å². The van der Waals surface area contributed by atoms with Crippen LogP contribution in [0.15, 0.2) is 219 Å². The summed E-state index contributed by atoms with van der Waals surface area (Å²) in [6, 6.07) is 30.9. The van der Waals surface area contributed by atoms with Crippen LogP contribution in [0.5, 0.6) is 0 Å². The molecule has 0 N–H and O–H groups in total. The van der Waals surface area contributed by atoms with Crippen molar-refractivity contribution < 1.29 is 31.4 Å². The second-order valence-electron chi connectivity index (χ2n) is 25.5. The number of thiazole rings is 5. The Morgan fingerprint density at radius 3 is 1.29 bits per heavy atom. The van der Waals surface area contributed by atoms with Crippen molar-refractivity contribution in [2.45, 2.75) is 32.7 Å². The van der Waals surface area contributed by atoms with Gasteiger partial charge in [0.15, 0.2) is 32.8 Å². The summed E-state index contributed by atoms with van der Waals surface area (Å²) >= 11 is 10.8. The van der Waals surface area contributed by atoms with E-state index < -0.39 is 6.98 Å². The van der Waals surface area contributed by atoms with E-state index in [-0.39, 0.29) is 0 Å². The molecular formula is C78H51N18OS6+5. The largest absolute Gasteiger partial charge is 0.403 e. The zero-order valence-corrected chi connectivity index (χ0v) is 59.0. The van der Waals surface area contributed by atoms with Gasteiger partial charge in [0.25, 0.3) is 14.8 Å². The van der Waals surface area contributed by atoms with Gasteiger partial charge in [-0.05, 0) is 48.5 Å². The van der Waals surface area contributed by atoms with Crippen molar-refractivity contribution in [3.63, 3.8) is 0 Å². The molecule has 0 amide bonds. The van der Waals surface area contributed by atoms with E-state index in [1.807, 2.05) is 157 Å². The highest BCUT2D eigenvalue weighted by Crippen LogP contribution is 2.46. The number of aromatic nitrogens is 18. The molecule has 490 valence electrons. The van der Waals surface area contributed by atoms with Crippen LogP contribution < -0.4 is 22.8 Å². The van der Waals surface area contributed by atoms with Crippen molar-refractivity contribution >= 4 is 173 Å². The van der Waals surface area contributed by atoms with Crippen molar-refractivity contribution in [1.82, 2.24) is 63.5 Å². The average Bonchev–Trinajstić information content (AvgIpc) is 1.55. The van der Waals surface area contributed by atoms with E-state index in [4.69, 9.17) is 8.53 Å². The molecular weight excluding hydrogens is 1400 g/mol. The third-order valence-corrected chi connectivity index (χ3v) is 27.5. The summed E-state index contributed by atoms with van der Waals surface area (Å²) in [4.78, 5) is 43.8. The summed E-state index contributed by atoms with van der Waals surface area (Å²) in [6.07, 6.45) is 37.5. The van der Waals surface area contributed by atoms with Gasteiger partial charge in [0, 0.05) is 197 Å². The Kier molecular flexibility index (Phi) is 12.4. The van der Waals surface area contributed by atoms with Crippen LogP contribution in [-0.4, -0.2) is 63.5 Å². The maximum atomic E-state index is 7.97. The highest BCUT2D eigenvalue weighted by Gasteiger charge is 2.39. The summed E-state index contributed by atoms with van der Waals surface area (Å²) in [5.41, 5.74) is 22.1. The Bertz CT molecular complexity index is 7100. The van der Waals surface area contributed by atoms with Crippen molar-refractivity contribution in [3.8, 4) is 58.5 Å². The molecule has 0 fully saturated rings. The quantitative estimate of drug-likeness (QED) is 0.143. The van der Waals surface area contributed by atoms with E-state index in [0.29, 0.717) is 12.1 Å². The van der Waals surface area contributed by atoms with Gasteiger partial charge in [-0.25, -0.2) is 22.8 Å². The predicted octanol–water partition coefficient (Wildman–Crippen LogP) is 14.9. The first-order chi connectivity index (χ1) is 52.1. The molecule has 1 aromatic carbocycles. The van der Waals surface area contributed by atoms with Crippen LogP contribution in [0.3, 0.4) is 0 Å². The number of hydrogen-bond donors (Lipinski definition) is 0. The topological polar surface area (TPSA) is 176 Å². The van der Waals surface area contributed by atoms with Gasteiger partial charge in [-0.1, -0.05) is 86.2 Å². The molecule has 0 atom stereocenters. The molecule has 103 heavy (non-hydrogen) atoms. The zero-order valence-electron chi connectivity index (χ0n) is 57.2. The van der Waals surface area contributed by atoms with Crippen molar-refractivity contribution in [2.24, 2.45) is 14.0 Å². The number of thiophene rings is 1. The number of benzene rings is 1. The van der Waals surface area contributed by atoms with Gasteiger partial charge >= 0.3 is 22.7 Å². The number of furan rings is 1. The van der Waals surface area contributed by atoms with Gasteiger partial charge in [-0.15, -0.1) is 4.57 Å². The molecule has 19 nitrogen and oxygen atoms in total. The van der Waals surface area contributed by atoms with E-state index in [0.717, 1.165) is 74.7 Å². The Morgan fingerprint density at radius 1 is 0.350 bits per heavy atom. The lowest BCUT2D eigenvalue weighted by Gasteiger charge is -2.00. The minimum atomic E-state index is -2.24. The van der Waals surface area contributed by atoms with E-state index in [1.54, 1.807) is 53.5 Å². The molecule has 0 unspecified atom stereocenters. The fraction of sp³-hybridized carbons (Fsp3) is 0.0897.